The fourth-order valence-corrected chi connectivity index (χ4v) is 3.96. The molecule has 0 aromatic heterocycles. The molecular formula is C28H27NO. The predicted octanol–water partition coefficient (Wildman–Crippen LogP) is 6.16. The summed E-state index contributed by atoms with van der Waals surface area (Å²) in [6.07, 6.45) is -0.638. The van der Waals surface area contributed by atoms with Gasteiger partial charge in [0.15, 0.2) is 0 Å². The lowest BCUT2D eigenvalue weighted by atomic mass is 9.93. The van der Waals surface area contributed by atoms with Crippen molar-refractivity contribution < 1.29 is 5.11 Å². The smallest absolute Gasteiger partial charge is 0.0987 e. The van der Waals surface area contributed by atoms with Gasteiger partial charge in [0.05, 0.1) is 12.1 Å². The first-order valence-electron chi connectivity index (χ1n) is 10.4. The minimum absolute atomic E-state index is 0.172. The Morgan fingerprint density at radius 1 is 0.500 bits per heavy atom. The summed E-state index contributed by atoms with van der Waals surface area (Å²) in [5.74, 6) is 0. The van der Waals surface area contributed by atoms with Crippen molar-refractivity contribution in [1.82, 2.24) is 4.90 Å². The maximum atomic E-state index is 11.5. The lowest BCUT2D eigenvalue weighted by molar-refractivity contribution is 0.0372. The highest BCUT2D eigenvalue weighted by molar-refractivity contribution is 5.28. The van der Waals surface area contributed by atoms with Crippen molar-refractivity contribution in [3.63, 3.8) is 0 Å². The fourth-order valence-electron chi connectivity index (χ4n) is 3.96. The molecule has 4 aromatic carbocycles. The zero-order valence-corrected chi connectivity index (χ0v) is 17.0. The molecule has 0 bridgehead atoms. The van der Waals surface area contributed by atoms with Crippen molar-refractivity contribution in [3.05, 3.63) is 144 Å². The Morgan fingerprint density at radius 2 is 0.867 bits per heavy atom. The zero-order chi connectivity index (χ0) is 20.6. The third-order valence-electron chi connectivity index (χ3n) is 5.43. The Morgan fingerprint density at radius 3 is 1.30 bits per heavy atom. The van der Waals surface area contributed by atoms with Crippen molar-refractivity contribution in [3.8, 4) is 0 Å². The molecule has 0 fully saturated rings. The van der Waals surface area contributed by atoms with Crippen molar-refractivity contribution in [2.75, 3.05) is 0 Å². The molecule has 0 spiro atoms. The van der Waals surface area contributed by atoms with Crippen LogP contribution in [0.3, 0.4) is 0 Å². The molecule has 0 saturated carbocycles. The summed E-state index contributed by atoms with van der Waals surface area (Å²) in [6, 6.07) is 41.1. The van der Waals surface area contributed by atoms with Gasteiger partial charge in [0.25, 0.3) is 0 Å². The van der Waals surface area contributed by atoms with E-state index in [1.165, 1.54) is 11.1 Å². The highest BCUT2D eigenvalue weighted by atomic mass is 16.3. The minimum atomic E-state index is -0.638. The lowest BCUT2D eigenvalue weighted by Crippen LogP contribution is -2.32. The Kier molecular flexibility index (Phi) is 6.71. The number of hydrogen-bond donors (Lipinski definition) is 1. The van der Waals surface area contributed by atoms with E-state index in [9.17, 15) is 5.11 Å². The van der Waals surface area contributed by atoms with Gasteiger partial charge in [0.2, 0.25) is 0 Å². The topological polar surface area (TPSA) is 23.5 Å². The second-order valence-corrected chi connectivity index (χ2v) is 7.59. The third-order valence-corrected chi connectivity index (χ3v) is 5.43. The van der Waals surface area contributed by atoms with E-state index >= 15 is 0 Å². The van der Waals surface area contributed by atoms with Crippen molar-refractivity contribution in [1.29, 1.82) is 0 Å². The summed E-state index contributed by atoms with van der Waals surface area (Å²) in [7, 11) is 0. The molecule has 0 amide bonds. The van der Waals surface area contributed by atoms with Crippen LogP contribution in [0, 0.1) is 0 Å². The van der Waals surface area contributed by atoms with E-state index < -0.39 is 6.10 Å². The summed E-state index contributed by atoms with van der Waals surface area (Å²) < 4.78 is 0. The van der Waals surface area contributed by atoms with Crippen molar-refractivity contribution in [2.24, 2.45) is 0 Å². The first kappa shape index (κ1) is 20.1. The first-order chi connectivity index (χ1) is 14.8. The number of aliphatic hydroxyl groups excluding tert-OH is 1. The monoisotopic (exact) mass is 393 g/mol. The number of hydrogen-bond acceptors (Lipinski definition) is 2. The molecule has 0 aliphatic rings. The van der Waals surface area contributed by atoms with Gasteiger partial charge in [-0.2, -0.15) is 0 Å². The first-order valence-corrected chi connectivity index (χ1v) is 10.4. The average Bonchev–Trinajstić information content (AvgIpc) is 2.82. The van der Waals surface area contributed by atoms with E-state index in [4.69, 9.17) is 0 Å². The Bertz CT molecular complexity index is 962. The minimum Gasteiger partial charge on any atom is -0.386 e. The summed E-state index contributed by atoms with van der Waals surface area (Å²) in [4.78, 5) is 2.37. The average molecular weight is 394 g/mol. The van der Waals surface area contributed by atoms with E-state index in [-0.39, 0.29) is 6.04 Å². The SMILES string of the molecule is O[C@@H](c1ccccc1)[C@H](c1ccccc1)N(Cc1ccccc1)Cc1ccccc1. The van der Waals surface area contributed by atoms with Gasteiger partial charge in [-0.05, 0) is 22.3 Å². The molecule has 2 atom stereocenters. The van der Waals surface area contributed by atoms with E-state index in [0.717, 1.165) is 24.2 Å². The molecule has 2 heteroatoms. The molecule has 30 heavy (non-hydrogen) atoms. The highest BCUT2D eigenvalue weighted by Crippen LogP contribution is 2.36. The van der Waals surface area contributed by atoms with E-state index in [1.807, 2.05) is 60.7 Å². The number of aliphatic hydroxyl groups is 1. The summed E-state index contributed by atoms with van der Waals surface area (Å²) in [5.41, 5.74) is 4.50. The molecule has 4 aromatic rings. The van der Waals surface area contributed by atoms with Gasteiger partial charge >= 0.3 is 0 Å². The fraction of sp³-hybridized carbons (Fsp3) is 0.143. The lowest BCUT2D eigenvalue weighted by Gasteiger charge is -2.36. The Labute approximate surface area is 179 Å². The maximum absolute atomic E-state index is 11.5. The van der Waals surface area contributed by atoms with Crippen LogP contribution < -0.4 is 0 Å². The van der Waals surface area contributed by atoms with Gasteiger partial charge in [-0.3, -0.25) is 4.90 Å². The summed E-state index contributed by atoms with van der Waals surface area (Å²) in [5, 5.41) is 11.5. The zero-order valence-electron chi connectivity index (χ0n) is 17.0. The van der Waals surface area contributed by atoms with Crippen LogP contribution in [0.15, 0.2) is 121 Å². The van der Waals surface area contributed by atoms with Crippen LogP contribution in [-0.4, -0.2) is 10.0 Å². The highest BCUT2D eigenvalue weighted by Gasteiger charge is 2.29. The normalized spacial score (nSPS) is 13.1. The molecular weight excluding hydrogens is 366 g/mol. The molecule has 4 rings (SSSR count). The molecule has 1 N–H and O–H groups in total. The van der Waals surface area contributed by atoms with Crippen LogP contribution in [0.4, 0.5) is 0 Å². The maximum Gasteiger partial charge on any atom is 0.0987 e. The van der Waals surface area contributed by atoms with Gasteiger partial charge in [-0.15, -0.1) is 0 Å². The van der Waals surface area contributed by atoms with Crippen molar-refractivity contribution in [2.45, 2.75) is 25.2 Å². The second kappa shape index (κ2) is 10.0. The van der Waals surface area contributed by atoms with Gasteiger partial charge in [-0.1, -0.05) is 121 Å². The Balaban J connectivity index is 1.75. The molecule has 150 valence electrons. The molecule has 0 saturated heterocycles. The second-order valence-electron chi connectivity index (χ2n) is 7.59. The molecule has 0 unspecified atom stereocenters. The summed E-state index contributed by atoms with van der Waals surface area (Å²) >= 11 is 0. The van der Waals surface area contributed by atoms with Gasteiger partial charge in [-0.25, -0.2) is 0 Å². The van der Waals surface area contributed by atoms with Crippen LogP contribution in [-0.2, 0) is 13.1 Å². The number of benzene rings is 4. The number of nitrogens with zero attached hydrogens (tertiary/aromatic N) is 1. The molecule has 2 nitrogen and oxygen atoms in total. The van der Waals surface area contributed by atoms with E-state index in [0.29, 0.717) is 0 Å². The third kappa shape index (κ3) is 5.04. The molecule has 0 radical (unpaired) electrons. The molecule has 0 aliphatic carbocycles. The standard InChI is InChI=1S/C28H27NO/c30-28(26-19-11-4-12-20-26)27(25-17-9-3-10-18-25)29(21-23-13-5-1-6-14-23)22-24-15-7-2-8-16-24/h1-20,27-28,30H,21-22H2/t27-,28-/m0/s1. The van der Waals surface area contributed by atoms with Crippen LogP contribution >= 0.6 is 0 Å². The van der Waals surface area contributed by atoms with Crippen LogP contribution in [0.25, 0.3) is 0 Å². The predicted molar refractivity (Wildman–Crippen MR) is 123 cm³/mol. The Hall–Kier alpha value is -3.20. The largest absolute Gasteiger partial charge is 0.386 e. The van der Waals surface area contributed by atoms with E-state index in [1.54, 1.807) is 0 Å². The van der Waals surface area contributed by atoms with E-state index in [2.05, 4.69) is 65.6 Å². The molecule has 0 heterocycles. The van der Waals surface area contributed by atoms with Gasteiger partial charge in [0.1, 0.15) is 0 Å². The van der Waals surface area contributed by atoms with Gasteiger partial charge in [0, 0.05) is 13.1 Å². The van der Waals surface area contributed by atoms with Crippen LogP contribution in [0.1, 0.15) is 34.4 Å². The van der Waals surface area contributed by atoms with Crippen LogP contribution in [0.5, 0.6) is 0 Å². The number of rotatable bonds is 8. The summed E-state index contributed by atoms with van der Waals surface area (Å²) in [6.45, 7) is 1.50. The van der Waals surface area contributed by atoms with Crippen molar-refractivity contribution >= 4 is 0 Å². The quantitative estimate of drug-likeness (QED) is 0.387. The molecule has 0 aliphatic heterocycles. The van der Waals surface area contributed by atoms with Crippen LogP contribution in [0.2, 0.25) is 0 Å². The van der Waals surface area contributed by atoms with Gasteiger partial charge < -0.3 is 5.11 Å².